The Kier molecular flexibility index (Phi) is 3.99. The summed E-state index contributed by atoms with van der Waals surface area (Å²) in [5, 5.41) is 21.2. The molecule has 6 heteroatoms. The third-order valence-corrected chi connectivity index (χ3v) is 3.46. The molecule has 0 unspecified atom stereocenters. The third kappa shape index (κ3) is 3.21. The summed E-state index contributed by atoms with van der Waals surface area (Å²) in [6.45, 7) is 0. The highest BCUT2D eigenvalue weighted by Crippen LogP contribution is 2.25. The number of carbonyl (C=O) groups excluding carboxylic acids is 1. The molecule has 3 N–H and O–H groups in total. The number of rotatable bonds is 3. The van der Waals surface area contributed by atoms with Crippen molar-refractivity contribution in [3.8, 4) is 5.75 Å². The van der Waals surface area contributed by atoms with Crippen LogP contribution in [0.1, 0.15) is 36.0 Å². The van der Waals surface area contributed by atoms with Crippen LogP contribution >= 0.6 is 0 Å². The SMILES string of the molecule is O=C(NC1CCC(C(=O)O)CC1)c1ccncc1O. The molecule has 1 saturated carbocycles. The van der Waals surface area contributed by atoms with E-state index >= 15 is 0 Å². The van der Waals surface area contributed by atoms with E-state index in [1.807, 2.05) is 0 Å². The maximum absolute atomic E-state index is 11.9. The van der Waals surface area contributed by atoms with Gasteiger partial charge in [0.05, 0.1) is 17.7 Å². The van der Waals surface area contributed by atoms with Gasteiger partial charge in [-0.1, -0.05) is 0 Å². The summed E-state index contributed by atoms with van der Waals surface area (Å²) in [6, 6.07) is 1.42. The van der Waals surface area contributed by atoms with Gasteiger partial charge in [0.2, 0.25) is 0 Å². The van der Waals surface area contributed by atoms with E-state index in [4.69, 9.17) is 5.11 Å². The van der Waals surface area contributed by atoms with Gasteiger partial charge in [-0.15, -0.1) is 0 Å². The Bertz CT molecular complexity index is 481. The fourth-order valence-corrected chi connectivity index (χ4v) is 2.33. The number of carboxylic acids is 1. The van der Waals surface area contributed by atoms with Gasteiger partial charge in [0, 0.05) is 12.2 Å². The van der Waals surface area contributed by atoms with Crippen molar-refractivity contribution in [3.05, 3.63) is 24.0 Å². The van der Waals surface area contributed by atoms with Crippen LogP contribution in [0.2, 0.25) is 0 Å². The molecule has 1 heterocycles. The molecule has 0 aromatic carbocycles. The Hall–Kier alpha value is -2.11. The molecule has 1 amide bonds. The summed E-state index contributed by atoms with van der Waals surface area (Å²) in [6.07, 6.45) is 5.10. The zero-order valence-corrected chi connectivity index (χ0v) is 10.4. The molecule has 1 aliphatic rings. The Balaban J connectivity index is 1.91. The number of hydrogen-bond donors (Lipinski definition) is 3. The van der Waals surface area contributed by atoms with Crippen LogP contribution in [-0.4, -0.2) is 33.1 Å². The second-order valence-corrected chi connectivity index (χ2v) is 4.75. The number of nitrogens with zero attached hydrogens (tertiary/aromatic N) is 1. The van der Waals surface area contributed by atoms with Crippen molar-refractivity contribution in [2.24, 2.45) is 5.92 Å². The average Bonchev–Trinajstić information content (AvgIpc) is 2.39. The minimum Gasteiger partial charge on any atom is -0.505 e. The normalized spacial score (nSPS) is 22.7. The van der Waals surface area contributed by atoms with Crippen molar-refractivity contribution >= 4 is 11.9 Å². The first-order valence-corrected chi connectivity index (χ1v) is 6.24. The predicted octanol–water partition coefficient (Wildman–Crippen LogP) is 1.16. The number of carboxylic acid groups (broad SMARTS) is 1. The lowest BCUT2D eigenvalue weighted by atomic mass is 9.86. The lowest BCUT2D eigenvalue weighted by Gasteiger charge is -2.26. The van der Waals surface area contributed by atoms with Crippen LogP contribution in [0.3, 0.4) is 0 Å². The van der Waals surface area contributed by atoms with Gasteiger partial charge in [0.1, 0.15) is 5.75 Å². The van der Waals surface area contributed by atoms with E-state index in [9.17, 15) is 14.7 Å². The molecule has 0 radical (unpaired) electrons. The molecule has 1 aromatic heterocycles. The van der Waals surface area contributed by atoms with E-state index in [0.717, 1.165) is 0 Å². The van der Waals surface area contributed by atoms with Gasteiger partial charge in [-0.25, -0.2) is 0 Å². The molecular weight excluding hydrogens is 248 g/mol. The van der Waals surface area contributed by atoms with Gasteiger partial charge in [-0.3, -0.25) is 14.6 Å². The van der Waals surface area contributed by atoms with Gasteiger partial charge < -0.3 is 15.5 Å². The fourth-order valence-electron chi connectivity index (χ4n) is 2.33. The number of aromatic nitrogens is 1. The monoisotopic (exact) mass is 264 g/mol. The van der Waals surface area contributed by atoms with E-state index in [0.29, 0.717) is 25.7 Å². The van der Waals surface area contributed by atoms with Crippen LogP contribution in [0.5, 0.6) is 5.75 Å². The second-order valence-electron chi connectivity index (χ2n) is 4.75. The van der Waals surface area contributed by atoms with Gasteiger partial charge >= 0.3 is 5.97 Å². The summed E-state index contributed by atoms with van der Waals surface area (Å²) in [5.74, 6) is -1.57. The first-order chi connectivity index (χ1) is 9.08. The average molecular weight is 264 g/mol. The number of aliphatic carboxylic acids is 1. The smallest absolute Gasteiger partial charge is 0.306 e. The van der Waals surface area contributed by atoms with Crippen LogP contribution in [0.15, 0.2) is 18.5 Å². The predicted molar refractivity (Wildman–Crippen MR) is 66.7 cm³/mol. The summed E-state index contributed by atoms with van der Waals surface area (Å²) >= 11 is 0. The Labute approximate surface area is 110 Å². The zero-order chi connectivity index (χ0) is 13.8. The summed E-state index contributed by atoms with van der Waals surface area (Å²) in [5.41, 5.74) is 0.190. The second kappa shape index (κ2) is 5.69. The van der Waals surface area contributed by atoms with E-state index in [-0.39, 0.29) is 29.2 Å². The van der Waals surface area contributed by atoms with Gasteiger partial charge in [0.25, 0.3) is 5.91 Å². The highest BCUT2D eigenvalue weighted by Gasteiger charge is 2.27. The topological polar surface area (TPSA) is 99.5 Å². The number of nitrogens with one attached hydrogen (secondary N) is 1. The van der Waals surface area contributed by atoms with Crippen LogP contribution in [-0.2, 0) is 4.79 Å². The summed E-state index contributed by atoms with van der Waals surface area (Å²) in [7, 11) is 0. The molecule has 2 rings (SSSR count). The Morgan fingerprint density at radius 3 is 2.53 bits per heavy atom. The minimum absolute atomic E-state index is 0.0318. The molecular formula is C13H16N2O4. The first-order valence-electron chi connectivity index (χ1n) is 6.24. The van der Waals surface area contributed by atoms with Gasteiger partial charge in [-0.2, -0.15) is 0 Å². The lowest BCUT2D eigenvalue weighted by Crippen LogP contribution is -2.38. The lowest BCUT2D eigenvalue weighted by molar-refractivity contribution is -0.142. The molecule has 6 nitrogen and oxygen atoms in total. The van der Waals surface area contributed by atoms with E-state index in [1.54, 1.807) is 0 Å². The standard InChI is InChI=1S/C13H16N2O4/c16-11-7-14-6-5-10(11)12(17)15-9-3-1-8(2-4-9)13(18)19/h5-9,16H,1-4H2,(H,15,17)(H,18,19). The molecule has 1 fully saturated rings. The fraction of sp³-hybridized carbons (Fsp3) is 0.462. The molecule has 102 valence electrons. The van der Waals surface area contributed by atoms with E-state index in [1.165, 1.54) is 18.5 Å². The number of amides is 1. The maximum Gasteiger partial charge on any atom is 0.306 e. The first kappa shape index (κ1) is 13.3. The zero-order valence-electron chi connectivity index (χ0n) is 10.4. The van der Waals surface area contributed by atoms with Crippen molar-refractivity contribution in [2.45, 2.75) is 31.7 Å². The van der Waals surface area contributed by atoms with Crippen molar-refractivity contribution in [2.75, 3.05) is 0 Å². The third-order valence-electron chi connectivity index (χ3n) is 3.46. The van der Waals surface area contributed by atoms with Crippen LogP contribution in [0, 0.1) is 5.92 Å². The molecule has 19 heavy (non-hydrogen) atoms. The van der Waals surface area contributed by atoms with Crippen molar-refractivity contribution in [3.63, 3.8) is 0 Å². The van der Waals surface area contributed by atoms with Crippen molar-refractivity contribution in [1.29, 1.82) is 0 Å². The molecule has 0 atom stereocenters. The van der Waals surface area contributed by atoms with Gasteiger partial charge in [0.15, 0.2) is 0 Å². The molecule has 0 bridgehead atoms. The molecule has 0 spiro atoms. The number of aromatic hydroxyl groups is 1. The highest BCUT2D eigenvalue weighted by molar-refractivity contribution is 5.96. The van der Waals surface area contributed by atoms with Crippen LogP contribution < -0.4 is 5.32 Å². The maximum atomic E-state index is 11.9. The van der Waals surface area contributed by atoms with Crippen LogP contribution in [0.25, 0.3) is 0 Å². The largest absolute Gasteiger partial charge is 0.505 e. The Morgan fingerprint density at radius 1 is 1.26 bits per heavy atom. The van der Waals surface area contributed by atoms with Crippen molar-refractivity contribution < 1.29 is 19.8 Å². The number of pyridine rings is 1. The Morgan fingerprint density at radius 2 is 1.95 bits per heavy atom. The van der Waals surface area contributed by atoms with E-state index < -0.39 is 5.97 Å². The van der Waals surface area contributed by atoms with Gasteiger partial charge in [-0.05, 0) is 31.7 Å². The molecule has 0 saturated heterocycles. The van der Waals surface area contributed by atoms with Crippen molar-refractivity contribution in [1.82, 2.24) is 10.3 Å². The summed E-state index contributed by atoms with van der Waals surface area (Å²) in [4.78, 5) is 26.5. The van der Waals surface area contributed by atoms with E-state index in [2.05, 4.69) is 10.3 Å². The molecule has 0 aliphatic heterocycles. The summed E-state index contributed by atoms with van der Waals surface area (Å²) < 4.78 is 0. The number of hydrogen-bond acceptors (Lipinski definition) is 4. The highest BCUT2D eigenvalue weighted by atomic mass is 16.4. The number of carbonyl (C=O) groups is 2. The van der Waals surface area contributed by atoms with Crippen LogP contribution in [0.4, 0.5) is 0 Å². The molecule has 1 aliphatic carbocycles. The quantitative estimate of drug-likeness (QED) is 0.760. The molecule has 1 aromatic rings. The minimum atomic E-state index is -0.767.